The Kier molecular flexibility index (Phi) is 4.82. The summed E-state index contributed by atoms with van der Waals surface area (Å²) in [7, 11) is 2.09. The first-order valence-corrected chi connectivity index (χ1v) is 8.00. The van der Waals surface area contributed by atoms with E-state index in [9.17, 15) is 0 Å². The summed E-state index contributed by atoms with van der Waals surface area (Å²) in [6.07, 6.45) is 5.50. The lowest BCUT2D eigenvalue weighted by molar-refractivity contribution is 0.0877. The van der Waals surface area contributed by atoms with Crippen LogP contribution in [0.4, 0.5) is 0 Å². The SMILES string of the molecule is CNC(c1cccs1)C(C)(C)N1CCCCCC1. The van der Waals surface area contributed by atoms with Crippen LogP contribution < -0.4 is 5.32 Å². The quantitative estimate of drug-likeness (QED) is 0.894. The van der Waals surface area contributed by atoms with Gasteiger partial charge >= 0.3 is 0 Å². The molecule has 1 aromatic rings. The highest BCUT2D eigenvalue weighted by atomic mass is 32.1. The van der Waals surface area contributed by atoms with E-state index in [0.29, 0.717) is 6.04 Å². The van der Waals surface area contributed by atoms with Gasteiger partial charge in [0.2, 0.25) is 0 Å². The van der Waals surface area contributed by atoms with E-state index in [1.165, 1.54) is 43.6 Å². The van der Waals surface area contributed by atoms with Gasteiger partial charge in [0, 0.05) is 10.4 Å². The molecule has 0 amide bonds. The second kappa shape index (κ2) is 6.18. The molecule has 3 heteroatoms. The van der Waals surface area contributed by atoms with Crippen LogP contribution in [-0.4, -0.2) is 30.6 Å². The average Bonchev–Trinajstić information content (AvgIpc) is 2.70. The van der Waals surface area contributed by atoms with Crippen LogP contribution in [0.5, 0.6) is 0 Å². The first-order chi connectivity index (χ1) is 8.66. The monoisotopic (exact) mass is 266 g/mol. The Morgan fingerprint density at radius 3 is 2.39 bits per heavy atom. The van der Waals surface area contributed by atoms with Crippen LogP contribution in [0.25, 0.3) is 0 Å². The minimum absolute atomic E-state index is 0.184. The topological polar surface area (TPSA) is 15.3 Å². The summed E-state index contributed by atoms with van der Waals surface area (Å²) < 4.78 is 0. The lowest BCUT2D eigenvalue weighted by atomic mass is 9.90. The molecule has 0 aliphatic carbocycles. The van der Waals surface area contributed by atoms with Gasteiger partial charge in [-0.25, -0.2) is 0 Å². The minimum atomic E-state index is 0.184. The number of likely N-dealkylation sites (N-methyl/N-ethyl adjacent to an activating group) is 1. The van der Waals surface area contributed by atoms with Crippen LogP contribution in [-0.2, 0) is 0 Å². The Morgan fingerprint density at radius 2 is 1.89 bits per heavy atom. The highest BCUT2D eigenvalue weighted by molar-refractivity contribution is 7.10. The summed E-state index contributed by atoms with van der Waals surface area (Å²) in [5, 5.41) is 5.71. The summed E-state index contributed by atoms with van der Waals surface area (Å²) in [4.78, 5) is 4.13. The minimum Gasteiger partial charge on any atom is -0.311 e. The highest BCUT2D eigenvalue weighted by Crippen LogP contribution is 2.34. The first-order valence-electron chi connectivity index (χ1n) is 7.12. The maximum absolute atomic E-state index is 3.53. The molecule has 0 radical (unpaired) electrons. The second-order valence-corrected chi connectivity index (χ2v) is 6.77. The third kappa shape index (κ3) is 2.95. The molecule has 1 aliphatic rings. The van der Waals surface area contributed by atoms with E-state index in [1.54, 1.807) is 0 Å². The molecule has 18 heavy (non-hydrogen) atoms. The Morgan fingerprint density at radius 1 is 1.22 bits per heavy atom. The van der Waals surface area contributed by atoms with E-state index in [-0.39, 0.29) is 5.54 Å². The number of thiophene rings is 1. The fourth-order valence-electron chi connectivity index (χ4n) is 3.13. The molecule has 2 nitrogen and oxygen atoms in total. The van der Waals surface area contributed by atoms with Gasteiger partial charge in [0.25, 0.3) is 0 Å². The van der Waals surface area contributed by atoms with E-state index < -0.39 is 0 Å². The zero-order valence-corrected chi connectivity index (χ0v) is 12.7. The summed E-state index contributed by atoms with van der Waals surface area (Å²) in [6.45, 7) is 7.27. The number of nitrogens with one attached hydrogen (secondary N) is 1. The molecule has 102 valence electrons. The molecule has 1 aromatic heterocycles. The van der Waals surface area contributed by atoms with E-state index in [2.05, 4.69) is 48.6 Å². The van der Waals surface area contributed by atoms with Crippen molar-refractivity contribution in [3.05, 3.63) is 22.4 Å². The lowest BCUT2D eigenvalue weighted by Gasteiger charge is -2.43. The number of hydrogen-bond acceptors (Lipinski definition) is 3. The third-order valence-corrected chi connectivity index (χ3v) is 5.18. The van der Waals surface area contributed by atoms with Gasteiger partial charge in [0.1, 0.15) is 0 Å². The summed E-state index contributed by atoms with van der Waals surface area (Å²) in [5.41, 5.74) is 0.184. The van der Waals surface area contributed by atoms with Gasteiger partial charge in [-0.3, -0.25) is 4.90 Å². The Hall–Kier alpha value is -0.380. The van der Waals surface area contributed by atoms with Crippen LogP contribution in [0.15, 0.2) is 17.5 Å². The molecule has 1 unspecified atom stereocenters. The first kappa shape index (κ1) is 14.0. The van der Waals surface area contributed by atoms with Crippen molar-refractivity contribution >= 4 is 11.3 Å². The van der Waals surface area contributed by atoms with Crippen molar-refractivity contribution in [2.45, 2.75) is 51.1 Å². The van der Waals surface area contributed by atoms with Crippen LogP contribution in [0.3, 0.4) is 0 Å². The molecule has 1 saturated heterocycles. The van der Waals surface area contributed by atoms with Crippen LogP contribution >= 0.6 is 11.3 Å². The van der Waals surface area contributed by atoms with Crippen LogP contribution in [0.1, 0.15) is 50.4 Å². The Labute approximate surface area is 115 Å². The number of nitrogens with zero attached hydrogens (tertiary/aromatic N) is 1. The number of hydrogen-bond donors (Lipinski definition) is 1. The van der Waals surface area contributed by atoms with Crippen molar-refractivity contribution in [3.8, 4) is 0 Å². The summed E-state index contributed by atoms with van der Waals surface area (Å²) in [6, 6.07) is 4.84. The molecule has 1 aliphatic heterocycles. The van der Waals surface area contributed by atoms with E-state index >= 15 is 0 Å². The third-order valence-electron chi connectivity index (χ3n) is 4.24. The zero-order chi connectivity index (χ0) is 13.0. The van der Waals surface area contributed by atoms with Gasteiger partial charge in [0.15, 0.2) is 0 Å². The smallest absolute Gasteiger partial charge is 0.0594 e. The second-order valence-electron chi connectivity index (χ2n) is 5.79. The standard InChI is InChI=1S/C15H26N2S/c1-15(2,17-10-6-4-5-7-11-17)14(16-3)13-9-8-12-18-13/h8-9,12,14,16H,4-7,10-11H2,1-3H3. The molecular weight excluding hydrogens is 240 g/mol. The maximum Gasteiger partial charge on any atom is 0.0594 e. The average molecular weight is 266 g/mol. The largest absolute Gasteiger partial charge is 0.311 e. The van der Waals surface area contributed by atoms with E-state index in [4.69, 9.17) is 0 Å². The summed E-state index contributed by atoms with van der Waals surface area (Å²) >= 11 is 1.86. The van der Waals surface area contributed by atoms with Gasteiger partial charge in [-0.1, -0.05) is 18.9 Å². The van der Waals surface area contributed by atoms with Crippen LogP contribution in [0.2, 0.25) is 0 Å². The van der Waals surface area contributed by atoms with Crippen molar-refractivity contribution in [1.82, 2.24) is 10.2 Å². The molecule has 2 heterocycles. The fourth-order valence-corrected chi connectivity index (χ4v) is 4.14. The predicted molar refractivity (Wildman–Crippen MR) is 80.2 cm³/mol. The van der Waals surface area contributed by atoms with Crippen molar-refractivity contribution in [3.63, 3.8) is 0 Å². The van der Waals surface area contributed by atoms with E-state index in [0.717, 1.165) is 0 Å². The number of rotatable bonds is 4. The molecule has 0 bridgehead atoms. The molecule has 1 N–H and O–H groups in total. The summed E-state index contributed by atoms with van der Waals surface area (Å²) in [5.74, 6) is 0. The van der Waals surface area contributed by atoms with Gasteiger partial charge in [-0.15, -0.1) is 11.3 Å². The molecule has 1 fully saturated rings. The maximum atomic E-state index is 3.53. The molecule has 0 saturated carbocycles. The van der Waals surface area contributed by atoms with Crippen molar-refractivity contribution in [2.24, 2.45) is 0 Å². The van der Waals surface area contributed by atoms with Crippen molar-refractivity contribution in [1.29, 1.82) is 0 Å². The highest BCUT2D eigenvalue weighted by Gasteiger charge is 2.36. The predicted octanol–water partition coefficient (Wildman–Crippen LogP) is 3.66. The molecule has 1 atom stereocenters. The van der Waals surface area contributed by atoms with Crippen molar-refractivity contribution in [2.75, 3.05) is 20.1 Å². The molecule has 2 rings (SSSR count). The van der Waals surface area contributed by atoms with Gasteiger partial charge < -0.3 is 5.32 Å². The normalized spacial score (nSPS) is 20.6. The lowest BCUT2D eigenvalue weighted by Crippen LogP contribution is -2.52. The van der Waals surface area contributed by atoms with Gasteiger partial charge in [-0.05, 0) is 58.3 Å². The molecular formula is C15H26N2S. The van der Waals surface area contributed by atoms with Gasteiger partial charge in [-0.2, -0.15) is 0 Å². The number of likely N-dealkylation sites (tertiary alicyclic amines) is 1. The zero-order valence-electron chi connectivity index (χ0n) is 11.9. The van der Waals surface area contributed by atoms with Crippen LogP contribution in [0, 0.1) is 0 Å². The molecule has 0 aromatic carbocycles. The Balaban J connectivity index is 2.16. The van der Waals surface area contributed by atoms with Crippen molar-refractivity contribution < 1.29 is 0 Å². The Bertz CT molecular complexity index is 337. The van der Waals surface area contributed by atoms with Gasteiger partial charge in [0.05, 0.1) is 6.04 Å². The fraction of sp³-hybridized carbons (Fsp3) is 0.733. The van der Waals surface area contributed by atoms with E-state index in [1.807, 2.05) is 11.3 Å². The molecule has 0 spiro atoms.